The van der Waals surface area contributed by atoms with Crippen LogP contribution in [0.5, 0.6) is 0 Å². The van der Waals surface area contributed by atoms with Gasteiger partial charge < -0.3 is 0 Å². The van der Waals surface area contributed by atoms with Gasteiger partial charge in [0.2, 0.25) is 0 Å². The van der Waals surface area contributed by atoms with E-state index < -0.39 is 0 Å². The van der Waals surface area contributed by atoms with E-state index in [1.54, 1.807) is 19.3 Å². The lowest BCUT2D eigenvalue weighted by atomic mass is 10.0. The van der Waals surface area contributed by atoms with Crippen LogP contribution in [0.1, 0.15) is 37.6 Å². The van der Waals surface area contributed by atoms with Crippen LogP contribution in [0.15, 0.2) is 54.9 Å². The third-order valence-electron chi connectivity index (χ3n) is 3.06. The fourth-order valence-corrected chi connectivity index (χ4v) is 2.12. The molecule has 3 nitrogen and oxygen atoms in total. The van der Waals surface area contributed by atoms with Gasteiger partial charge in [-0.25, -0.2) is 4.98 Å². The Morgan fingerprint density at radius 2 is 1.77 bits per heavy atom. The zero-order valence-electron chi connectivity index (χ0n) is 13.2. The fraction of sp³-hybridized carbons (Fsp3) is 0.211. The number of pyridine rings is 2. The number of carbonyl (C=O) groups excluding carboxylic acids is 1. The summed E-state index contributed by atoms with van der Waals surface area (Å²) in [5.41, 5.74) is 3.27. The highest BCUT2D eigenvalue weighted by Crippen LogP contribution is 2.24. The maximum Gasteiger partial charge on any atom is 0.160 e. The number of hydrogen-bond donors (Lipinski definition) is 0. The summed E-state index contributed by atoms with van der Waals surface area (Å²) < 4.78 is 0. The molecule has 0 saturated heterocycles. The second-order valence-corrected chi connectivity index (χ2v) is 5.08. The lowest BCUT2D eigenvalue weighted by molar-refractivity contribution is 0.101. The number of hydrogen-bond acceptors (Lipinski definition) is 3. The third kappa shape index (κ3) is 3.55. The molecule has 2 heterocycles. The molecular formula is C19H20N2O. The molecule has 0 radical (unpaired) electrons. The average molecular weight is 292 g/mol. The van der Waals surface area contributed by atoms with Crippen LogP contribution in [-0.4, -0.2) is 15.8 Å². The first-order valence-electron chi connectivity index (χ1n) is 7.48. The molecule has 0 amide bonds. The van der Waals surface area contributed by atoms with E-state index in [2.05, 4.69) is 23.8 Å². The molecule has 0 aliphatic rings. The van der Waals surface area contributed by atoms with Crippen molar-refractivity contribution >= 4 is 16.7 Å². The number of carbonyl (C=O) groups is 1. The van der Waals surface area contributed by atoms with Crippen LogP contribution >= 0.6 is 0 Å². The molecule has 0 aliphatic heterocycles. The van der Waals surface area contributed by atoms with Gasteiger partial charge in [0.15, 0.2) is 5.78 Å². The number of aromatic nitrogens is 2. The first kappa shape index (κ1) is 15.8. The smallest absolute Gasteiger partial charge is 0.160 e. The summed E-state index contributed by atoms with van der Waals surface area (Å²) in [5.74, 6) is 0.0255. The van der Waals surface area contributed by atoms with Crippen molar-refractivity contribution < 1.29 is 4.79 Å². The molecule has 22 heavy (non-hydrogen) atoms. The monoisotopic (exact) mass is 292 g/mol. The topological polar surface area (TPSA) is 42.9 Å². The number of ketones is 1. The lowest BCUT2D eigenvalue weighted by Crippen LogP contribution is -1.97. The van der Waals surface area contributed by atoms with E-state index in [-0.39, 0.29) is 5.78 Å². The van der Waals surface area contributed by atoms with Crippen LogP contribution < -0.4 is 0 Å². The largest absolute Gasteiger partial charge is 0.294 e. The van der Waals surface area contributed by atoms with Crippen LogP contribution in [0.3, 0.4) is 0 Å². The first-order valence-corrected chi connectivity index (χ1v) is 7.48. The second kappa shape index (κ2) is 7.46. The highest BCUT2D eigenvalue weighted by Gasteiger charge is 2.10. The number of nitrogens with zero attached hydrogens (tertiary/aromatic N) is 2. The Morgan fingerprint density at radius 1 is 1.09 bits per heavy atom. The quantitative estimate of drug-likeness (QED) is 0.630. The third-order valence-corrected chi connectivity index (χ3v) is 3.06. The molecule has 0 spiro atoms. The molecule has 0 N–H and O–H groups in total. The second-order valence-electron chi connectivity index (χ2n) is 5.08. The SMILES string of the molecule is CC(=O)c1cc(-c2ccccc2)nc2ccncc12.CCC. The number of Topliss-reactive ketones (excluding diaryl/α,β-unsaturated/α-hetero) is 1. The van der Waals surface area contributed by atoms with Crippen molar-refractivity contribution in [3.05, 3.63) is 60.4 Å². The van der Waals surface area contributed by atoms with E-state index in [0.29, 0.717) is 5.56 Å². The Bertz CT molecular complexity index is 767. The van der Waals surface area contributed by atoms with Gasteiger partial charge in [-0.2, -0.15) is 0 Å². The summed E-state index contributed by atoms with van der Waals surface area (Å²) >= 11 is 0. The van der Waals surface area contributed by atoms with Crippen molar-refractivity contribution in [2.75, 3.05) is 0 Å². The minimum absolute atomic E-state index is 0.0255. The van der Waals surface area contributed by atoms with Crippen LogP contribution in [0.4, 0.5) is 0 Å². The van der Waals surface area contributed by atoms with E-state index in [0.717, 1.165) is 22.2 Å². The maximum absolute atomic E-state index is 11.8. The molecule has 3 rings (SSSR count). The number of rotatable bonds is 2. The molecule has 2 aromatic heterocycles. The Hall–Kier alpha value is -2.55. The summed E-state index contributed by atoms with van der Waals surface area (Å²) in [6.45, 7) is 5.82. The lowest BCUT2D eigenvalue weighted by Gasteiger charge is -2.07. The highest BCUT2D eigenvalue weighted by atomic mass is 16.1. The van der Waals surface area contributed by atoms with E-state index in [9.17, 15) is 4.79 Å². The Labute approximate surface area is 131 Å². The van der Waals surface area contributed by atoms with Crippen LogP contribution in [0.25, 0.3) is 22.2 Å². The van der Waals surface area contributed by atoms with Gasteiger partial charge in [0, 0.05) is 28.9 Å². The van der Waals surface area contributed by atoms with Crippen LogP contribution in [0.2, 0.25) is 0 Å². The molecular weight excluding hydrogens is 272 g/mol. The van der Waals surface area contributed by atoms with Crippen LogP contribution in [0, 0.1) is 0 Å². The van der Waals surface area contributed by atoms with E-state index in [1.807, 2.05) is 42.5 Å². The zero-order chi connectivity index (χ0) is 15.9. The summed E-state index contributed by atoms with van der Waals surface area (Å²) in [6, 6.07) is 13.5. The van der Waals surface area contributed by atoms with Gasteiger partial charge in [-0.15, -0.1) is 0 Å². The molecule has 3 aromatic rings. The highest BCUT2D eigenvalue weighted by molar-refractivity contribution is 6.06. The van der Waals surface area contributed by atoms with Gasteiger partial charge in [-0.1, -0.05) is 50.6 Å². The molecule has 0 fully saturated rings. The number of fused-ring (bicyclic) bond motifs is 1. The molecule has 3 heteroatoms. The molecule has 0 saturated carbocycles. The minimum Gasteiger partial charge on any atom is -0.294 e. The van der Waals surface area contributed by atoms with E-state index in [1.165, 1.54) is 6.42 Å². The maximum atomic E-state index is 11.8. The van der Waals surface area contributed by atoms with Crippen molar-refractivity contribution in [3.8, 4) is 11.3 Å². The van der Waals surface area contributed by atoms with Gasteiger partial charge in [-0.3, -0.25) is 9.78 Å². The predicted molar refractivity (Wildman–Crippen MR) is 90.9 cm³/mol. The van der Waals surface area contributed by atoms with E-state index >= 15 is 0 Å². The van der Waals surface area contributed by atoms with Crippen LogP contribution in [-0.2, 0) is 0 Å². The standard InChI is InChI=1S/C16H12N2O.C3H8/c1-11(19)13-9-16(12-5-3-2-4-6-12)18-15-7-8-17-10-14(13)15;1-3-2/h2-10H,1H3;3H2,1-2H3. The zero-order valence-corrected chi connectivity index (χ0v) is 13.2. The van der Waals surface area contributed by atoms with Gasteiger partial charge in [0.05, 0.1) is 11.2 Å². The molecule has 1 aromatic carbocycles. The molecule has 112 valence electrons. The average Bonchev–Trinajstić information content (AvgIpc) is 2.55. The number of benzene rings is 1. The van der Waals surface area contributed by atoms with Crippen molar-refractivity contribution in [1.82, 2.24) is 9.97 Å². The summed E-state index contributed by atoms with van der Waals surface area (Å²) in [6.07, 6.45) is 4.63. The normalized spacial score (nSPS) is 9.95. The molecule has 0 aliphatic carbocycles. The summed E-state index contributed by atoms with van der Waals surface area (Å²) in [4.78, 5) is 20.4. The van der Waals surface area contributed by atoms with Gasteiger partial charge in [0.1, 0.15) is 0 Å². The minimum atomic E-state index is 0.0255. The Kier molecular flexibility index (Phi) is 5.37. The fourth-order valence-electron chi connectivity index (χ4n) is 2.12. The predicted octanol–water partition coefficient (Wildman–Crippen LogP) is 4.92. The molecule has 0 bridgehead atoms. The summed E-state index contributed by atoms with van der Waals surface area (Å²) in [5, 5.41) is 0.801. The summed E-state index contributed by atoms with van der Waals surface area (Å²) in [7, 11) is 0. The van der Waals surface area contributed by atoms with Gasteiger partial charge in [-0.05, 0) is 19.1 Å². The Balaban J connectivity index is 0.000000545. The molecule has 0 atom stereocenters. The van der Waals surface area contributed by atoms with E-state index in [4.69, 9.17) is 0 Å². The first-order chi connectivity index (χ1) is 10.7. The van der Waals surface area contributed by atoms with Crippen molar-refractivity contribution in [1.29, 1.82) is 0 Å². The Morgan fingerprint density at radius 3 is 2.41 bits per heavy atom. The van der Waals surface area contributed by atoms with Crippen molar-refractivity contribution in [3.63, 3.8) is 0 Å². The van der Waals surface area contributed by atoms with Crippen molar-refractivity contribution in [2.24, 2.45) is 0 Å². The van der Waals surface area contributed by atoms with Gasteiger partial charge >= 0.3 is 0 Å². The van der Waals surface area contributed by atoms with Gasteiger partial charge in [0.25, 0.3) is 0 Å². The molecule has 0 unspecified atom stereocenters. The van der Waals surface area contributed by atoms with Crippen molar-refractivity contribution in [2.45, 2.75) is 27.2 Å².